The summed E-state index contributed by atoms with van der Waals surface area (Å²) in [6.45, 7) is 9.36. The summed E-state index contributed by atoms with van der Waals surface area (Å²) in [6.07, 6.45) is 9.52. The predicted molar refractivity (Wildman–Crippen MR) is 76.2 cm³/mol. The number of hydrogen-bond acceptors (Lipinski definition) is 2. The Labute approximate surface area is 108 Å². The number of piperidine rings is 1. The van der Waals surface area contributed by atoms with Gasteiger partial charge in [0, 0.05) is 25.2 Å². The van der Waals surface area contributed by atoms with E-state index in [0.29, 0.717) is 6.04 Å². The van der Waals surface area contributed by atoms with E-state index in [9.17, 15) is 0 Å². The molecule has 2 heteroatoms. The van der Waals surface area contributed by atoms with Gasteiger partial charge in [0.2, 0.25) is 0 Å². The first-order chi connectivity index (χ1) is 8.13. The second-order valence-electron chi connectivity index (χ2n) is 6.11. The van der Waals surface area contributed by atoms with Crippen molar-refractivity contribution in [3.05, 3.63) is 0 Å². The third-order valence-electron chi connectivity index (χ3n) is 4.07. The van der Waals surface area contributed by atoms with E-state index in [0.717, 1.165) is 18.5 Å². The molecule has 3 unspecified atom stereocenters. The van der Waals surface area contributed by atoms with Crippen LogP contribution in [0.1, 0.15) is 65.7 Å². The lowest BCUT2D eigenvalue weighted by Gasteiger charge is -2.38. The van der Waals surface area contributed by atoms with E-state index in [1.54, 1.807) is 0 Å². The van der Waals surface area contributed by atoms with E-state index < -0.39 is 0 Å². The van der Waals surface area contributed by atoms with Crippen molar-refractivity contribution in [2.75, 3.05) is 13.1 Å². The van der Waals surface area contributed by atoms with Crippen LogP contribution in [0.25, 0.3) is 0 Å². The Hall–Kier alpha value is -0.0800. The first kappa shape index (κ1) is 15.0. The van der Waals surface area contributed by atoms with Crippen LogP contribution in [0.5, 0.6) is 0 Å². The number of unbranched alkanes of at least 4 members (excludes halogenated alkanes) is 4. The molecular formula is C15H32N2. The van der Waals surface area contributed by atoms with Crippen LogP contribution in [0.4, 0.5) is 0 Å². The Kier molecular flexibility index (Phi) is 7.14. The van der Waals surface area contributed by atoms with E-state index >= 15 is 0 Å². The Balaban J connectivity index is 2.15. The Morgan fingerprint density at radius 1 is 1.18 bits per heavy atom. The van der Waals surface area contributed by atoms with Crippen molar-refractivity contribution < 1.29 is 0 Å². The summed E-state index contributed by atoms with van der Waals surface area (Å²) in [7, 11) is 0. The van der Waals surface area contributed by atoms with E-state index in [2.05, 4.69) is 25.7 Å². The Bertz CT molecular complexity index is 183. The van der Waals surface area contributed by atoms with Crippen LogP contribution in [0, 0.1) is 5.92 Å². The highest BCUT2D eigenvalue weighted by Gasteiger charge is 2.24. The van der Waals surface area contributed by atoms with Crippen LogP contribution in [0.2, 0.25) is 0 Å². The van der Waals surface area contributed by atoms with Crippen molar-refractivity contribution in [3.63, 3.8) is 0 Å². The minimum absolute atomic E-state index is 0.404. The van der Waals surface area contributed by atoms with Gasteiger partial charge in [-0.3, -0.25) is 4.90 Å². The van der Waals surface area contributed by atoms with Crippen LogP contribution < -0.4 is 5.73 Å². The van der Waals surface area contributed by atoms with Gasteiger partial charge in [-0.05, 0) is 25.7 Å². The van der Waals surface area contributed by atoms with Crippen molar-refractivity contribution in [2.45, 2.75) is 77.8 Å². The fraction of sp³-hybridized carbons (Fsp3) is 1.00. The van der Waals surface area contributed by atoms with Crippen molar-refractivity contribution in [1.82, 2.24) is 4.90 Å². The smallest absolute Gasteiger partial charge is 0.0170 e. The minimum atomic E-state index is 0.404. The average molecular weight is 240 g/mol. The summed E-state index contributed by atoms with van der Waals surface area (Å²) in [5.74, 6) is 0.779. The molecule has 0 aromatic carbocycles. The zero-order chi connectivity index (χ0) is 12.7. The molecule has 0 amide bonds. The summed E-state index contributed by atoms with van der Waals surface area (Å²) < 4.78 is 0. The first-order valence-electron chi connectivity index (χ1n) is 7.63. The van der Waals surface area contributed by atoms with Crippen molar-refractivity contribution >= 4 is 0 Å². The van der Waals surface area contributed by atoms with E-state index in [1.807, 2.05) is 0 Å². The largest absolute Gasteiger partial charge is 0.327 e. The predicted octanol–water partition coefficient (Wildman–Crippen LogP) is 3.40. The quantitative estimate of drug-likeness (QED) is 0.691. The Morgan fingerprint density at radius 3 is 2.53 bits per heavy atom. The summed E-state index contributed by atoms with van der Waals surface area (Å²) in [5.41, 5.74) is 6.11. The SMILES string of the molecule is CCCCCCCC(C)N1CC(C)CC(N)C1. The number of likely N-dealkylation sites (tertiary alicyclic amines) is 1. The highest BCUT2D eigenvalue weighted by molar-refractivity contribution is 4.82. The monoisotopic (exact) mass is 240 g/mol. The Morgan fingerprint density at radius 2 is 1.88 bits per heavy atom. The van der Waals surface area contributed by atoms with Crippen LogP contribution in [-0.4, -0.2) is 30.1 Å². The molecule has 1 rings (SSSR count). The van der Waals surface area contributed by atoms with Gasteiger partial charge in [-0.1, -0.05) is 46.0 Å². The van der Waals surface area contributed by atoms with Gasteiger partial charge in [0.15, 0.2) is 0 Å². The zero-order valence-corrected chi connectivity index (χ0v) is 12.1. The van der Waals surface area contributed by atoms with Crippen LogP contribution in [-0.2, 0) is 0 Å². The minimum Gasteiger partial charge on any atom is -0.327 e. The van der Waals surface area contributed by atoms with Gasteiger partial charge < -0.3 is 5.73 Å². The molecule has 2 nitrogen and oxygen atoms in total. The summed E-state index contributed by atoms with van der Waals surface area (Å²) >= 11 is 0. The second kappa shape index (κ2) is 8.10. The first-order valence-corrected chi connectivity index (χ1v) is 7.63. The topological polar surface area (TPSA) is 29.3 Å². The number of nitrogens with two attached hydrogens (primary N) is 1. The third-order valence-corrected chi connectivity index (χ3v) is 4.07. The number of rotatable bonds is 7. The summed E-state index contributed by atoms with van der Waals surface area (Å²) in [5, 5.41) is 0. The molecule has 1 aliphatic rings. The van der Waals surface area contributed by atoms with Gasteiger partial charge in [0.05, 0.1) is 0 Å². The molecular weight excluding hydrogens is 208 g/mol. The van der Waals surface area contributed by atoms with E-state index in [-0.39, 0.29) is 0 Å². The van der Waals surface area contributed by atoms with Gasteiger partial charge in [-0.25, -0.2) is 0 Å². The lowest BCUT2D eigenvalue weighted by Crippen LogP contribution is -2.49. The molecule has 1 fully saturated rings. The molecule has 2 N–H and O–H groups in total. The molecule has 0 aliphatic carbocycles. The van der Waals surface area contributed by atoms with Gasteiger partial charge >= 0.3 is 0 Å². The molecule has 3 atom stereocenters. The fourth-order valence-electron chi connectivity index (χ4n) is 3.03. The van der Waals surface area contributed by atoms with Gasteiger partial charge in [0.1, 0.15) is 0 Å². The van der Waals surface area contributed by atoms with Gasteiger partial charge in [-0.2, -0.15) is 0 Å². The molecule has 1 heterocycles. The summed E-state index contributed by atoms with van der Waals surface area (Å²) in [4.78, 5) is 2.61. The van der Waals surface area contributed by atoms with E-state index in [1.165, 1.54) is 51.5 Å². The fourth-order valence-corrected chi connectivity index (χ4v) is 3.03. The molecule has 0 saturated carbocycles. The van der Waals surface area contributed by atoms with Crippen molar-refractivity contribution in [1.29, 1.82) is 0 Å². The number of nitrogens with zero attached hydrogens (tertiary/aromatic N) is 1. The standard InChI is InChI=1S/C15H32N2/c1-4-5-6-7-8-9-14(3)17-11-13(2)10-15(16)12-17/h13-15H,4-12,16H2,1-3H3. The molecule has 0 bridgehead atoms. The van der Waals surface area contributed by atoms with Gasteiger partial charge in [-0.15, -0.1) is 0 Å². The average Bonchev–Trinajstić information content (AvgIpc) is 2.27. The molecule has 1 saturated heterocycles. The van der Waals surface area contributed by atoms with Crippen molar-refractivity contribution in [3.8, 4) is 0 Å². The highest BCUT2D eigenvalue weighted by Crippen LogP contribution is 2.20. The molecule has 0 aromatic heterocycles. The van der Waals surface area contributed by atoms with E-state index in [4.69, 9.17) is 5.73 Å². The second-order valence-corrected chi connectivity index (χ2v) is 6.11. The van der Waals surface area contributed by atoms with Crippen LogP contribution in [0.15, 0.2) is 0 Å². The lowest BCUT2D eigenvalue weighted by molar-refractivity contribution is 0.117. The third kappa shape index (κ3) is 5.87. The highest BCUT2D eigenvalue weighted by atomic mass is 15.2. The van der Waals surface area contributed by atoms with Gasteiger partial charge in [0.25, 0.3) is 0 Å². The number of hydrogen-bond donors (Lipinski definition) is 1. The van der Waals surface area contributed by atoms with Crippen LogP contribution in [0.3, 0.4) is 0 Å². The molecule has 17 heavy (non-hydrogen) atoms. The maximum absolute atomic E-state index is 6.11. The maximum Gasteiger partial charge on any atom is 0.0170 e. The van der Waals surface area contributed by atoms with Crippen LogP contribution >= 0.6 is 0 Å². The zero-order valence-electron chi connectivity index (χ0n) is 12.1. The maximum atomic E-state index is 6.11. The molecule has 1 aliphatic heterocycles. The molecule has 102 valence electrons. The molecule has 0 aromatic rings. The van der Waals surface area contributed by atoms with Crippen molar-refractivity contribution in [2.24, 2.45) is 11.7 Å². The summed E-state index contributed by atoms with van der Waals surface area (Å²) in [6, 6.07) is 1.13. The lowest BCUT2D eigenvalue weighted by atomic mass is 9.94. The molecule has 0 radical (unpaired) electrons. The molecule has 0 spiro atoms. The normalized spacial score (nSPS) is 28.2.